The molecule has 1 fully saturated rings. The third-order valence-corrected chi connectivity index (χ3v) is 8.45. The highest BCUT2D eigenvalue weighted by molar-refractivity contribution is 5.97. The zero-order valence-electron chi connectivity index (χ0n) is 25.0. The van der Waals surface area contributed by atoms with Crippen LogP contribution in [0, 0.1) is 18.3 Å². The Morgan fingerprint density at radius 3 is 2.38 bits per heavy atom. The van der Waals surface area contributed by atoms with Gasteiger partial charge in [0.25, 0.3) is 5.91 Å². The summed E-state index contributed by atoms with van der Waals surface area (Å²) < 4.78 is 47.1. The van der Waals surface area contributed by atoms with Gasteiger partial charge in [-0.25, -0.2) is 0 Å². The van der Waals surface area contributed by atoms with Crippen molar-refractivity contribution < 1.29 is 27.9 Å². The predicted molar refractivity (Wildman–Crippen MR) is 156 cm³/mol. The van der Waals surface area contributed by atoms with Gasteiger partial charge in [0, 0.05) is 42.3 Å². The van der Waals surface area contributed by atoms with Crippen molar-refractivity contribution in [3.05, 3.63) is 53.3 Å². The quantitative estimate of drug-likeness (QED) is 0.254. The Balaban J connectivity index is 1.76. The molecule has 2 heterocycles. The molecule has 1 aromatic carbocycles. The maximum Gasteiger partial charge on any atom is 0.417 e. The number of carboxylic acids is 1. The SMILES string of the molecule is Cc1c(C(=O)NCCC(C)(C)C(=O)O)cc(-c2ccc(-c3ccnn3C(C)C)c(C(F)(F)F)c2)n1CC1CCCCC1. The van der Waals surface area contributed by atoms with Gasteiger partial charge in [-0.05, 0) is 83.6 Å². The normalized spacial score (nSPS) is 14.9. The van der Waals surface area contributed by atoms with Gasteiger partial charge < -0.3 is 15.0 Å². The second-order valence-electron chi connectivity index (χ2n) is 12.4. The number of alkyl halides is 3. The van der Waals surface area contributed by atoms with Crippen LogP contribution in [0.5, 0.6) is 0 Å². The topological polar surface area (TPSA) is 89.2 Å². The summed E-state index contributed by atoms with van der Waals surface area (Å²) in [4.78, 5) is 24.7. The van der Waals surface area contributed by atoms with Crippen molar-refractivity contribution in [2.24, 2.45) is 11.3 Å². The standard InChI is InChI=1S/C32H41F3N4O3/c1-20(2)39-27(13-15-37-39)24-12-11-23(17-26(24)32(33,34)35)28-18-25(29(40)36-16-14-31(4,5)30(41)42)21(3)38(28)19-22-9-7-6-8-10-22/h11-13,15,17-18,20,22H,6-10,14,16,19H2,1-5H3,(H,36,40)(H,41,42). The Labute approximate surface area is 245 Å². The zero-order chi connectivity index (χ0) is 30.8. The van der Waals surface area contributed by atoms with Crippen molar-refractivity contribution in [3.8, 4) is 22.5 Å². The van der Waals surface area contributed by atoms with Crippen LogP contribution in [0.15, 0.2) is 36.5 Å². The van der Waals surface area contributed by atoms with Crippen LogP contribution in [0.25, 0.3) is 22.5 Å². The minimum absolute atomic E-state index is 0.0542. The molecule has 10 heteroatoms. The number of carbonyl (C=O) groups is 2. The number of carbonyl (C=O) groups excluding carboxylic acids is 1. The summed E-state index contributed by atoms with van der Waals surface area (Å²) in [5, 5.41) is 16.4. The van der Waals surface area contributed by atoms with Crippen LogP contribution in [-0.4, -0.2) is 37.9 Å². The summed E-state index contributed by atoms with van der Waals surface area (Å²) >= 11 is 0. The molecule has 1 aliphatic carbocycles. The fraction of sp³-hybridized carbons (Fsp3) is 0.531. The van der Waals surface area contributed by atoms with Crippen molar-refractivity contribution in [2.45, 2.75) is 91.9 Å². The van der Waals surface area contributed by atoms with Gasteiger partial charge in [0.1, 0.15) is 0 Å². The van der Waals surface area contributed by atoms with Crippen molar-refractivity contribution in [1.82, 2.24) is 19.7 Å². The number of halogens is 3. The van der Waals surface area contributed by atoms with Crippen LogP contribution in [0.4, 0.5) is 13.2 Å². The second-order valence-corrected chi connectivity index (χ2v) is 12.4. The number of aromatic nitrogens is 3. The summed E-state index contributed by atoms with van der Waals surface area (Å²) in [5.41, 5.74) is 0.690. The van der Waals surface area contributed by atoms with Gasteiger partial charge in [0.15, 0.2) is 0 Å². The second kappa shape index (κ2) is 12.4. The number of benzene rings is 1. The molecule has 0 unspecified atom stereocenters. The fourth-order valence-electron chi connectivity index (χ4n) is 5.77. The van der Waals surface area contributed by atoms with Crippen LogP contribution in [-0.2, 0) is 17.5 Å². The van der Waals surface area contributed by atoms with Crippen molar-refractivity contribution in [1.29, 1.82) is 0 Å². The molecule has 0 saturated heterocycles. The van der Waals surface area contributed by atoms with Crippen LogP contribution >= 0.6 is 0 Å². The number of nitrogens with one attached hydrogen (secondary N) is 1. The summed E-state index contributed by atoms with van der Waals surface area (Å²) in [6.07, 6.45) is 2.62. The van der Waals surface area contributed by atoms with E-state index in [1.165, 1.54) is 24.8 Å². The van der Waals surface area contributed by atoms with Gasteiger partial charge >= 0.3 is 12.1 Å². The Hall–Kier alpha value is -3.56. The van der Waals surface area contributed by atoms with Crippen LogP contribution in [0.1, 0.15) is 93.9 Å². The van der Waals surface area contributed by atoms with E-state index in [2.05, 4.69) is 10.4 Å². The number of nitrogens with zero attached hydrogens (tertiary/aromatic N) is 3. The van der Waals surface area contributed by atoms with Gasteiger partial charge in [0.05, 0.1) is 22.2 Å². The molecule has 0 aliphatic heterocycles. The number of amides is 1. The first-order valence-electron chi connectivity index (χ1n) is 14.7. The minimum atomic E-state index is -4.61. The molecule has 0 radical (unpaired) electrons. The number of carboxylic acid groups (broad SMARTS) is 1. The molecule has 1 amide bonds. The Bertz CT molecular complexity index is 1430. The summed E-state index contributed by atoms with van der Waals surface area (Å²) in [6.45, 7) is 9.54. The molecule has 2 N–H and O–H groups in total. The lowest BCUT2D eigenvalue weighted by Gasteiger charge is -2.24. The van der Waals surface area contributed by atoms with Gasteiger partial charge in [-0.3, -0.25) is 14.3 Å². The van der Waals surface area contributed by atoms with Crippen LogP contribution in [0.2, 0.25) is 0 Å². The molecule has 3 aromatic rings. The monoisotopic (exact) mass is 586 g/mol. The van der Waals surface area contributed by atoms with E-state index < -0.39 is 23.1 Å². The van der Waals surface area contributed by atoms with Crippen molar-refractivity contribution >= 4 is 11.9 Å². The third kappa shape index (κ3) is 6.73. The molecule has 1 aliphatic rings. The molecule has 0 atom stereocenters. The van der Waals surface area contributed by atoms with Gasteiger partial charge in [-0.15, -0.1) is 0 Å². The van der Waals surface area contributed by atoms with Gasteiger partial charge in [0.2, 0.25) is 0 Å². The highest BCUT2D eigenvalue weighted by atomic mass is 19.4. The first kappa shape index (κ1) is 31.4. The Morgan fingerprint density at radius 2 is 1.76 bits per heavy atom. The van der Waals surface area contributed by atoms with Crippen LogP contribution < -0.4 is 5.32 Å². The highest BCUT2D eigenvalue weighted by Crippen LogP contribution is 2.41. The summed E-state index contributed by atoms with van der Waals surface area (Å²) in [7, 11) is 0. The molecule has 42 heavy (non-hydrogen) atoms. The number of hydrogen-bond donors (Lipinski definition) is 2. The highest BCUT2D eigenvalue weighted by Gasteiger charge is 2.35. The first-order chi connectivity index (χ1) is 19.7. The van der Waals surface area contributed by atoms with E-state index in [9.17, 15) is 27.9 Å². The molecular weight excluding hydrogens is 545 g/mol. The lowest BCUT2D eigenvalue weighted by atomic mass is 9.89. The Morgan fingerprint density at radius 1 is 1.07 bits per heavy atom. The molecule has 0 bridgehead atoms. The fourth-order valence-corrected chi connectivity index (χ4v) is 5.77. The average molecular weight is 587 g/mol. The maximum absolute atomic E-state index is 14.5. The number of rotatable bonds is 10. The smallest absolute Gasteiger partial charge is 0.417 e. The number of aliphatic carboxylic acids is 1. The molecular formula is C32H41F3N4O3. The first-order valence-corrected chi connectivity index (χ1v) is 14.7. The van der Waals surface area contributed by atoms with E-state index in [0.717, 1.165) is 25.7 Å². The van der Waals surface area contributed by atoms with Crippen molar-refractivity contribution in [2.75, 3.05) is 6.54 Å². The molecule has 4 rings (SSSR count). The lowest BCUT2D eigenvalue weighted by molar-refractivity contribution is -0.147. The molecule has 2 aromatic heterocycles. The summed E-state index contributed by atoms with van der Waals surface area (Å²) in [6, 6.07) is 7.50. The largest absolute Gasteiger partial charge is 0.481 e. The molecule has 7 nitrogen and oxygen atoms in total. The van der Waals surface area contributed by atoms with E-state index >= 15 is 0 Å². The molecule has 228 valence electrons. The Kier molecular flexibility index (Phi) is 9.23. The average Bonchev–Trinajstić information content (AvgIpc) is 3.54. The summed E-state index contributed by atoms with van der Waals surface area (Å²) in [5.74, 6) is -0.947. The predicted octanol–water partition coefficient (Wildman–Crippen LogP) is 7.74. The molecule has 0 spiro atoms. The maximum atomic E-state index is 14.5. The van der Waals surface area contributed by atoms with E-state index in [1.807, 2.05) is 25.3 Å². The van der Waals surface area contributed by atoms with Crippen molar-refractivity contribution in [3.63, 3.8) is 0 Å². The lowest BCUT2D eigenvalue weighted by Crippen LogP contribution is -2.32. The molecule has 1 saturated carbocycles. The zero-order valence-corrected chi connectivity index (χ0v) is 25.0. The van der Waals surface area contributed by atoms with E-state index in [1.54, 1.807) is 36.7 Å². The van der Waals surface area contributed by atoms with Gasteiger partial charge in [-0.1, -0.05) is 31.4 Å². The van der Waals surface area contributed by atoms with E-state index in [4.69, 9.17) is 0 Å². The van der Waals surface area contributed by atoms with E-state index in [0.29, 0.717) is 40.7 Å². The number of hydrogen-bond acceptors (Lipinski definition) is 3. The van der Waals surface area contributed by atoms with Crippen LogP contribution in [0.3, 0.4) is 0 Å². The third-order valence-electron chi connectivity index (χ3n) is 8.45. The minimum Gasteiger partial charge on any atom is -0.481 e. The van der Waals surface area contributed by atoms with E-state index in [-0.39, 0.29) is 30.5 Å². The van der Waals surface area contributed by atoms with Gasteiger partial charge in [-0.2, -0.15) is 18.3 Å².